The van der Waals surface area contributed by atoms with Gasteiger partial charge in [-0.05, 0) is 66.4 Å². The molecule has 1 aromatic carbocycles. The minimum absolute atomic E-state index is 0.0490. The molecule has 0 aliphatic carbocycles. The third-order valence-electron chi connectivity index (χ3n) is 4.48. The highest BCUT2D eigenvalue weighted by Gasteiger charge is 2.24. The Balaban J connectivity index is 1.53. The lowest BCUT2D eigenvalue weighted by molar-refractivity contribution is -0.133. The molecule has 27 heavy (non-hydrogen) atoms. The van der Waals surface area contributed by atoms with E-state index in [1.807, 2.05) is 29.2 Å². The molecule has 1 aliphatic rings. The van der Waals surface area contributed by atoms with Crippen LogP contribution in [-0.4, -0.2) is 35.8 Å². The van der Waals surface area contributed by atoms with Crippen molar-refractivity contribution in [3.8, 4) is 5.75 Å². The first-order valence-electron chi connectivity index (χ1n) is 9.10. The molecule has 2 heterocycles. The van der Waals surface area contributed by atoms with Gasteiger partial charge < -0.3 is 19.4 Å². The van der Waals surface area contributed by atoms with E-state index < -0.39 is 11.9 Å². The third kappa shape index (κ3) is 5.13. The highest BCUT2D eigenvalue weighted by atomic mass is 79.9. The number of piperidine rings is 1. The second-order valence-electron chi connectivity index (χ2n) is 6.57. The zero-order valence-electron chi connectivity index (χ0n) is 15.2. The summed E-state index contributed by atoms with van der Waals surface area (Å²) >= 11 is 3.42. The van der Waals surface area contributed by atoms with Gasteiger partial charge >= 0.3 is 0 Å². The molecule has 2 aromatic rings. The van der Waals surface area contributed by atoms with Crippen molar-refractivity contribution in [2.24, 2.45) is 0 Å². The van der Waals surface area contributed by atoms with Crippen LogP contribution in [0.4, 0.5) is 0 Å². The van der Waals surface area contributed by atoms with Gasteiger partial charge in [0.1, 0.15) is 24.2 Å². The summed E-state index contributed by atoms with van der Waals surface area (Å²) in [5, 5.41) is 2.72. The number of carbonyl (C=O) groups is 2. The van der Waals surface area contributed by atoms with Gasteiger partial charge in [0, 0.05) is 13.1 Å². The number of hydrogen-bond donors (Lipinski definition) is 1. The molecule has 2 amide bonds. The van der Waals surface area contributed by atoms with Gasteiger partial charge in [0.25, 0.3) is 5.91 Å². The van der Waals surface area contributed by atoms with Crippen molar-refractivity contribution in [2.75, 3.05) is 13.1 Å². The first-order valence-corrected chi connectivity index (χ1v) is 9.89. The van der Waals surface area contributed by atoms with E-state index in [0.717, 1.165) is 36.8 Å². The van der Waals surface area contributed by atoms with E-state index in [0.29, 0.717) is 11.5 Å². The van der Waals surface area contributed by atoms with Gasteiger partial charge in [0.15, 0.2) is 5.76 Å². The molecule has 0 saturated carbocycles. The van der Waals surface area contributed by atoms with Gasteiger partial charge in [-0.3, -0.25) is 9.59 Å². The van der Waals surface area contributed by atoms with Gasteiger partial charge in [-0.25, -0.2) is 0 Å². The molecule has 1 aromatic heterocycles. The van der Waals surface area contributed by atoms with Crippen LogP contribution in [0.25, 0.3) is 0 Å². The van der Waals surface area contributed by atoms with Crippen molar-refractivity contribution in [2.45, 2.75) is 38.8 Å². The fraction of sp³-hybridized carbons (Fsp3) is 0.400. The monoisotopic (exact) mass is 434 g/mol. The van der Waals surface area contributed by atoms with Crippen molar-refractivity contribution in [3.63, 3.8) is 0 Å². The topological polar surface area (TPSA) is 71.8 Å². The van der Waals surface area contributed by atoms with Crippen LogP contribution in [0.1, 0.15) is 42.5 Å². The van der Waals surface area contributed by atoms with Gasteiger partial charge in [0.05, 0.1) is 4.47 Å². The maximum atomic E-state index is 12.4. The summed E-state index contributed by atoms with van der Waals surface area (Å²) in [7, 11) is 0. The summed E-state index contributed by atoms with van der Waals surface area (Å²) in [6, 6.07) is 10.2. The molecule has 0 spiro atoms. The van der Waals surface area contributed by atoms with Crippen LogP contribution in [0.15, 0.2) is 45.3 Å². The average Bonchev–Trinajstić information content (AvgIpc) is 3.16. The number of ether oxygens (including phenoxy) is 1. The van der Waals surface area contributed by atoms with E-state index in [4.69, 9.17) is 9.15 Å². The van der Waals surface area contributed by atoms with Crippen molar-refractivity contribution in [3.05, 3.63) is 52.4 Å². The second kappa shape index (κ2) is 9.08. The average molecular weight is 435 g/mol. The van der Waals surface area contributed by atoms with Gasteiger partial charge in [-0.1, -0.05) is 12.1 Å². The number of para-hydroxylation sites is 1. The van der Waals surface area contributed by atoms with Crippen LogP contribution < -0.4 is 10.1 Å². The Morgan fingerprint density at radius 3 is 2.67 bits per heavy atom. The Bertz CT molecular complexity index is 799. The summed E-state index contributed by atoms with van der Waals surface area (Å²) in [4.78, 5) is 26.6. The minimum Gasteiger partial charge on any atom is -0.484 e. The van der Waals surface area contributed by atoms with E-state index in [9.17, 15) is 9.59 Å². The lowest BCUT2D eigenvalue weighted by Gasteiger charge is -2.29. The number of halogens is 1. The summed E-state index contributed by atoms with van der Waals surface area (Å²) in [5.74, 6) is 0.942. The Labute approximate surface area is 167 Å². The molecule has 1 fully saturated rings. The van der Waals surface area contributed by atoms with Crippen LogP contribution in [0, 0.1) is 0 Å². The number of likely N-dealkylation sites (tertiary alicyclic amines) is 1. The molecule has 1 atom stereocenters. The van der Waals surface area contributed by atoms with Crippen LogP contribution in [0.5, 0.6) is 5.75 Å². The molecule has 0 radical (unpaired) electrons. The predicted octanol–water partition coefficient (Wildman–Crippen LogP) is 3.75. The van der Waals surface area contributed by atoms with E-state index in [1.54, 1.807) is 19.1 Å². The van der Waals surface area contributed by atoms with E-state index >= 15 is 0 Å². The SMILES string of the molecule is CC(NC(=O)c1ccc(COc2ccccc2Br)o1)C(=O)N1CCCCC1. The molecule has 7 heteroatoms. The molecule has 6 nitrogen and oxygen atoms in total. The standard InChI is InChI=1S/C20H23BrN2O4/c1-14(20(25)23-11-5-2-6-12-23)22-19(24)18-10-9-15(27-18)13-26-17-8-4-3-7-16(17)21/h3-4,7-10,14H,2,5-6,11-13H2,1H3,(H,22,24). The number of carbonyl (C=O) groups excluding carboxylic acids is 2. The number of nitrogens with one attached hydrogen (secondary N) is 1. The Hall–Kier alpha value is -2.28. The maximum Gasteiger partial charge on any atom is 0.287 e. The third-order valence-corrected chi connectivity index (χ3v) is 5.13. The Kier molecular flexibility index (Phi) is 6.55. The van der Waals surface area contributed by atoms with Gasteiger partial charge in [-0.2, -0.15) is 0 Å². The van der Waals surface area contributed by atoms with Crippen molar-refractivity contribution in [1.82, 2.24) is 10.2 Å². The molecular weight excluding hydrogens is 412 g/mol. The maximum absolute atomic E-state index is 12.4. The molecule has 3 rings (SSSR count). The molecule has 1 aliphatic heterocycles. The number of nitrogens with zero attached hydrogens (tertiary/aromatic N) is 1. The lowest BCUT2D eigenvalue weighted by atomic mass is 10.1. The number of hydrogen-bond acceptors (Lipinski definition) is 4. The quantitative estimate of drug-likeness (QED) is 0.751. The normalized spacial score (nSPS) is 15.3. The highest BCUT2D eigenvalue weighted by molar-refractivity contribution is 9.10. The Morgan fingerprint density at radius 2 is 1.93 bits per heavy atom. The largest absolute Gasteiger partial charge is 0.484 e. The minimum atomic E-state index is -0.583. The van der Waals surface area contributed by atoms with E-state index in [-0.39, 0.29) is 18.3 Å². The summed E-state index contributed by atoms with van der Waals surface area (Å²) in [5.41, 5.74) is 0. The number of rotatable bonds is 6. The molecule has 0 bridgehead atoms. The zero-order valence-corrected chi connectivity index (χ0v) is 16.8. The number of amides is 2. The molecule has 1 N–H and O–H groups in total. The molecular formula is C20H23BrN2O4. The lowest BCUT2D eigenvalue weighted by Crippen LogP contribution is -2.48. The van der Waals surface area contributed by atoms with Gasteiger partial charge in [0.2, 0.25) is 5.91 Å². The van der Waals surface area contributed by atoms with Crippen LogP contribution in [0.2, 0.25) is 0 Å². The fourth-order valence-corrected chi connectivity index (χ4v) is 3.41. The predicted molar refractivity (Wildman–Crippen MR) is 105 cm³/mol. The van der Waals surface area contributed by atoms with E-state index in [1.165, 1.54) is 0 Å². The zero-order chi connectivity index (χ0) is 19.2. The van der Waals surface area contributed by atoms with Crippen LogP contribution >= 0.6 is 15.9 Å². The summed E-state index contributed by atoms with van der Waals surface area (Å²) < 4.78 is 12.1. The van der Waals surface area contributed by atoms with Crippen molar-refractivity contribution >= 4 is 27.7 Å². The van der Waals surface area contributed by atoms with Crippen molar-refractivity contribution in [1.29, 1.82) is 0 Å². The number of furan rings is 1. The Morgan fingerprint density at radius 1 is 1.19 bits per heavy atom. The van der Waals surface area contributed by atoms with Crippen LogP contribution in [0.3, 0.4) is 0 Å². The smallest absolute Gasteiger partial charge is 0.287 e. The van der Waals surface area contributed by atoms with Crippen LogP contribution in [-0.2, 0) is 11.4 Å². The van der Waals surface area contributed by atoms with Gasteiger partial charge in [-0.15, -0.1) is 0 Å². The highest BCUT2D eigenvalue weighted by Crippen LogP contribution is 2.25. The first-order chi connectivity index (χ1) is 13.0. The first kappa shape index (κ1) is 19.5. The summed E-state index contributed by atoms with van der Waals surface area (Å²) in [6.07, 6.45) is 3.19. The second-order valence-corrected chi connectivity index (χ2v) is 7.42. The fourth-order valence-electron chi connectivity index (χ4n) is 3.01. The summed E-state index contributed by atoms with van der Waals surface area (Å²) in [6.45, 7) is 3.43. The molecule has 1 saturated heterocycles. The molecule has 144 valence electrons. The number of benzene rings is 1. The molecule has 1 unspecified atom stereocenters. The van der Waals surface area contributed by atoms with Crippen molar-refractivity contribution < 1.29 is 18.7 Å². The van der Waals surface area contributed by atoms with E-state index in [2.05, 4.69) is 21.2 Å².